The lowest BCUT2D eigenvalue weighted by atomic mass is 10.2. The second-order valence-corrected chi connectivity index (χ2v) is 8.22. The lowest BCUT2D eigenvalue weighted by Gasteiger charge is -2.24. The van der Waals surface area contributed by atoms with Gasteiger partial charge in [-0.2, -0.15) is 0 Å². The minimum atomic E-state index is -3.96. The SMILES string of the molecule is CCCCCNC(=O)CN(c1ccc(F)cc1)S(=O)(=O)c1ccc(C)cc1. The van der Waals surface area contributed by atoms with Crippen LogP contribution in [0, 0.1) is 12.7 Å². The number of sulfonamides is 1. The Morgan fingerprint density at radius 3 is 2.26 bits per heavy atom. The number of anilines is 1. The summed E-state index contributed by atoms with van der Waals surface area (Å²) in [4.78, 5) is 12.4. The molecule has 0 aromatic heterocycles. The van der Waals surface area contributed by atoms with Gasteiger partial charge in [0.05, 0.1) is 10.6 Å². The number of nitrogens with one attached hydrogen (secondary N) is 1. The van der Waals surface area contributed by atoms with Gasteiger partial charge in [-0.25, -0.2) is 12.8 Å². The molecule has 2 aromatic carbocycles. The lowest BCUT2D eigenvalue weighted by molar-refractivity contribution is -0.119. The number of aryl methyl sites for hydroxylation is 1. The quantitative estimate of drug-likeness (QED) is 0.663. The van der Waals surface area contributed by atoms with Gasteiger partial charge in [-0.05, 0) is 49.7 Å². The van der Waals surface area contributed by atoms with Gasteiger partial charge in [0.2, 0.25) is 5.91 Å². The normalized spacial score (nSPS) is 11.2. The molecule has 146 valence electrons. The van der Waals surface area contributed by atoms with E-state index in [1.54, 1.807) is 12.1 Å². The summed E-state index contributed by atoms with van der Waals surface area (Å²) in [7, 11) is -3.96. The van der Waals surface area contributed by atoms with Gasteiger partial charge < -0.3 is 5.32 Å². The minimum Gasteiger partial charge on any atom is -0.355 e. The zero-order valence-electron chi connectivity index (χ0n) is 15.6. The summed E-state index contributed by atoms with van der Waals surface area (Å²) < 4.78 is 40.5. The van der Waals surface area contributed by atoms with E-state index in [2.05, 4.69) is 12.2 Å². The summed E-state index contributed by atoms with van der Waals surface area (Å²) in [5, 5.41) is 2.74. The van der Waals surface area contributed by atoms with Crippen molar-refractivity contribution in [1.82, 2.24) is 5.32 Å². The van der Waals surface area contributed by atoms with Crippen LogP contribution in [-0.2, 0) is 14.8 Å². The van der Waals surface area contributed by atoms with E-state index in [0.29, 0.717) is 6.54 Å². The summed E-state index contributed by atoms with van der Waals surface area (Å²) in [5.41, 5.74) is 1.16. The predicted molar refractivity (Wildman–Crippen MR) is 105 cm³/mol. The van der Waals surface area contributed by atoms with E-state index in [4.69, 9.17) is 0 Å². The minimum absolute atomic E-state index is 0.0798. The summed E-state index contributed by atoms with van der Waals surface area (Å²) in [5.74, 6) is -0.874. The average molecular weight is 392 g/mol. The lowest BCUT2D eigenvalue weighted by Crippen LogP contribution is -2.41. The van der Waals surface area contributed by atoms with Crippen LogP contribution in [0.2, 0.25) is 0 Å². The summed E-state index contributed by atoms with van der Waals surface area (Å²) in [6.07, 6.45) is 2.85. The van der Waals surface area contributed by atoms with Crippen molar-refractivity contribution in [3.05, 3.63) is 59.9 Å². The van der Waals surface area contributed by atoms with Crippen molar-refractivity contribution >= 4 is 21.6 Å². The Labute approximate surface area is 160 Å². The Bertz CT molecular complexity index is 850. The molecule has 7 heteroatoms. The fraction of sp³-hybridized carbons (Fsp3) is 0.350. The molecule has 0 atom stereocenters. The van der Waals surface area contributed by atoms with Crippen LogP contribution in [-0.4, -0.2) is 27.4 Å². The highest BCUT2D eigenvalue weighted by molar-refractivity contribution is 7.92. The molecule has 0 aliphatic rings. The van der Waals surface area contributed by atoms with Gasteiger partial charge in [-0.1, -0.05) is 37.5 Å². The first-order valence-corrected chi connectivity index (χ1v) is 10.4. The van der Waals surface area contributed by atoms with Gasteiger partial charge in [0, 0.05) is 6.54 Å². The van der Waals surface area contributed by atoms with Crippen LogP contribution in [0.25, 0.3) is 0 Å². The van der Waals surface area contributed by atoms with Crippen LogP contribution >= 0.6 is 0 Å². The van der Waals surface area contributed by atoms with E-state index in [0.717, 1.165) is 29.1 Å². The standard InChI is InChI=1S/C20H25FN2O3S/c1-3-4-5-14-22-20(24)15-23(18-10-8-17(21)9-11-18)27(25,26)19-12-6-16(2)7-13-19/h6-13H,3-5,14-15H2,1-2H3,(H,22,24). The molecule has 5 nitrogen and oxygen atoms in total. The van der Waals surface area contributed by atoms with Crippen molar-refractivity contribution in [3.8, 4) is 0 Å². The molecule has 0 spiro atoms. The van der Waals surface area contributed by atoms with Gasteiger partial charge in [-0.3, -0.25) is 9.10 Å². The Hall–Kier alpha value is -2.41. The van der Waals surface area contributed by atoms with Crippen LogP contribution in [0.5, 0.6) is 0 Å². The van der Waals surface area contributed by atoms with Crippen LogP contribution < -0.4 is 9.62 Å². The maximum atomic E-state index is 13.3. The van der Waals surface area contributed by atoms with Gasteiger partial charge >= 0.3 is 0 Å². The molecule has 27 heavy (non-hydrogen) atoms. The molecule has 2 rings (SSSR count). The number of amides is 1. The molecular formula is C20H25FN2O3S. The predicted octanol–water partition coefficient (Wildman–Crippen LogP) is 3.64. The molecule has 0 heterocycles. The number of hydrogen-bond acceptors (Lipinski definition) is 3. The topological polar surface area (TPSA) is 66.5 Å². The first kappa shape index (κ1) is 20.9. The maximum Gasteiger partial charge on any atom is 0.264 e. The number of carbonyl (C=O) groups excluding carboxylic acids is 1. The molecule has 0 unspecified atom stereocenters. The van der Waals surface area contributed by atoms with Crippen molar-refractivity contribution in [3.63, 3.8) is 0 Å². The van der Waals surface area contributed by atoms with E-state index in [1.165, 1.54) is 36.4 Å². The number of unbranched alkanes of at least 4 members (excludes halogenated alkanes) is 2. The molecular weight excluding hydrogens is 367 g/mol. The molecule has 0 aliphatic heterocycles. The summed E-state index contributed by atoms with van der Waals surface area (Å²) >= 11 is 0. The van der Waals surface area contributed by atoms with Gasteiger partial charge in [0.15, 0.2) is 0 Å². The van der Waals surface area contributed by atoms with E-state index in [9.17, 15) is 17.6 Å². The average Bonchev–Trinajstić information content (AvgIpc) is 2.64. The van der Waals surface area contributed by atoms with Crippen LogP contribution in [0.15, 0.2) is 53.4 Å². The summed E-state index contributed by atoms with van der Waals surface area (Å²) in [6.45, 7) is 4.05. The second kappa shape index (κ2) is 9.50. The number of nitrogens with zero attached hydrogens (tertiary/aromatic N) is 1. The third-order valence-corrected chi connectivity index (χ3v) is 5.90. The molecule has 1 amide bonds. The number of carbonyl (C=O) groups is 1. The fourth-order valence-corrected chi connectivity index (χ4v) is 3.97. The van der Waals surface area contributed by atoms with Crippen molar-refractivity contribution in [2.24, 2.45) is 0 Å². The highest BCUT2D eigenvalue weighted by Gasteiger charge is 2.27. The molecule has 0 saturated carbocycles. The number of hydrogen-bond donors (Lipinski definition) is 1. The Balaban J connectivity index is 2.28. The number of halogens is 1. The highest BCUT2D eigenvalue weighted by atomic mass is 32.2. The fourth-order valence-electron chi connectivity index (χ4n) is 2.55. The Kier molecular flexibility index (Phi) is 7.36. The zero-order valence-corrected chi connectivity index (χ0v) is 16.4. The van der Waals surface area contributed by atoms with Crippen molar-refractivity contribution in [1.29, 1.82) is 0 Å². The third-order valence-electron chi connectivity index (χ3n) is 4.11. The van der Waals surface area contributed by atoms with Crippen molar-refractivity contribution in [2.45, 2.75) is 38.0 Å². The van der Waals surface area contributed by atoms with Gasteiger partial charge in [0.1, 0.15) is 12.4 Å². The highest BCUT2D eigenvalue weighted by Crippen LogP contribution is 2.24. The van der Waals surface area contributed by atoms with E-state index in [1.807, 2.05) is 6.92 Å². The molecule has 0 saturated heterocycles. The van der Waals surface area contributed by atoms with Crippen molar-refractivity contribution in [2.75, 3.05) is 17.4 Å². The molecule has 0 aliphatic carbocycles. The number of benzene rings is 2. The molecule has 1 N–H and O–H groups in total. The Morgan fingerprint density at radius 2 is 1.67 bits per heavy atom. The first-order valence-electron chi connectivity index (χ1n) is 8.96. The van der Waals surface area contributed by atoms with Crippen LogP contribution in [0.1, 0.15) is 31.7 Å². The van der Waals surface area contributed by atoms with Crippen molar-refractivity contribution < 1.29 is 17.6 Å². The smallest absolute Gasteiger partial charge is 0.264 e. The second-order valence-electron chi connectivity index (χ2n) is 6.36. The summed E-state index contributed by atoms with van der Waals surface area (Å²) in [6, 6.07) is 11.4. The Morgan fingerprint density at radius 1 is 1.04 bits per heavy atom. The largest absolute Gasteiger partial charge is 0.355 e. The van der Waals surface area contributed by atoms with E-state index in [-0.39, 0.29) is 17.1 Å². The van der Waals surface area contributed by atoms with Gasteiger partial charge in [0.25, 0.3) is 10.0 Å². The monoisotopic (exact) mass is 392 g/mol. The van der Waals surface area contributed by atoms with Gasteiger partial charge in [-0.15, -0.1) is 0 Å². The third kappa shape index (κ3) is 5.79. The number of rotatable bonds is 9. The maximum absolute atomic E-state index is 13.3. The molecule has 2 aromatic rings. The molecule has 0 bridgehead atoms. The molecule has 0 radical (unpaired) electrons. The zero-order chi connectivity index (χ0) is 19.9. The van der Waals surface area contributed by atoms with Crippen LogP contribution in [0.4, 0.5) is 10.1 Å². The first-order chi connectivity index (χ1) is 12.8. The van der Waals surface area contributed by atoms with E-state index < -0.39 is 21.7 Å². The molecule has 0 fully saturated rings. The van der Waals surface area contributed by atoms with E-state index >= 15 is 0 Å². The van der Waals surface area contributed by atoms with Crippen LogP contribution in [0.3, 0.4) is 0 Å².